The van der Waals surface area contributed by atoms with Crippen LogP contribution in [-0.4, -0.2) is 33.9 Å². The summed E-state index contributed by atoms with van der Waals surface area (Å²) < 4.78 is 33.0. The standard InChI is InChI=1S/C16H14BrNO6S/c1-23-15-7-4-11(8-13(15)17)14(19)9-24-16(20)10-2-5-12(6-3-10)25(18,21)22/h2-8H,9H2,1H3,(H2,18,21,22). The number of methoxy groups -OCH3 is 1. The fraction of sp³-hybridized carbons (Fsp3) is 0.125. The lowest BCUT2D eigenvalue weighted by molar-refractivity contribution is 0.0474. The molecule has 25 heavy (non-hydrogen) atoms. The summed E-state index contributed by atoms with van der Waals surface area (Å²) >= 11 is 3.27. The summed E-state index contributed by atoms with van der Waals surface area (Å²) in [6, 6.07) is 9.64. The number of Topliss-reactive ketones (excluding diaryl/α,β-unsaturated/α-hetero) is 1. The maximum absolute atomic E-state index is 12.1. The zero-order valence-corrected chi connectivity index (χ0v) is 15.5. The minimum atomic E-state index is -3.84. The maximum Gasteiger partial charge on any atom is 0.338 e. The van der Waals surface area contributed by atoms with Gasteiger partial charge in [-0.15, -0.1) is 0 Å². The number of hydrogen-bond donors (Lipinski definition) is 1. The van der Waals surface area contributed by atoms with Crippen LogP contribution in [0.25, 0.3) is 0 Å². The normalized spacial score (nSPS) is 11.0. The summed E-state index contributed by atoms with van der Waals surface area (Å²) in [6.45, 7) is -0.450. The molecule has 0 saturated carbocycles. The molecule has 0 radical (unpaired) electrons. The van der Waals surface area contributed by atoms with Crippen LogP contribution in [0.4, 0.5) is 0 Å². The number of ketones is 1. The Balaban J connectivity index is 2.02. The van der Waals surface area contributed by atoms with Crippen LogP contribution >= 0.6 is 15.9 Å². The first-order chi connectivity index (χ1) is 11.7. The van der Waals surface area contributed by atoms with Crippen molar-refractivity contribution in [3.05, 3.63) is 58.1 Å². The van der Waals surface area contributed by atoms with E-state index < -0.39 is 28.4 Å². The fourth-order valence-electron chi connectivity index (χ4n) is 1.92. The predicted molar refractivity (Wildman–Crippen MR) is 93.1 cm³/mol. The molecule has 0 fully saturated rings. The van der Waals surface area contributed by atoms with E-state index in [4.69, 9.17) is 14.6 Å². The van der Waals surface area contributed by atoms with Gasteiger partial charge < -0.3 is 9.47 Å². The SMILES string of the molecule is COc1ccc(C(=O)COC(=O)c2ccc(S(N)(=O)=O)cc2)cc1Br. The van der Waals surface area contributed by atoms with Gasteiger partial charge in [-0.2, -0.15) is 0 Å². The van der Waals surface area contributed by atoms with Crippen LogP contribution < -0.4 is 9.88 Å². The minimum Gasteiger partial charge on any atom is -0.496 e. The molecule has 2 aromatic rings. The molecule has 2 aromatic carbocycles. The quantitative estimate of drug-likeness (QED) is 0.557. The first kappa shape index (κ1) is 19.1. The molecule has 7 nitrogen and oxygen atoms in total. The van der Waals surface area contributed by atoms with Gasteiger partial charge in [-0.25, -0.2) is 18.4 Å². The summed E-state index contributed by atoms with van der Waals surface area (Å²) in [4.78, 5) is 23.9. The van der Waals surface area contributed by atoms with Crippen molar-refractivity contribution in [2.75, 3.05) is 13.7 Å². The van der Waals surface area contributed by atoms with Crippen LogP contribution in [0.15, 0.2) is 51.8 Å². The highest BCUT2D eigenvalue weighted by Gasteiger charge is 2.14. The fourth-order valence-corrected chi connectivity index (χ4v) is 2.97. The molecule has 0 atom stereocenters. The number of nitrogens with two attached hydrogens (primary N) is 1. The number of carbonyl (C=O) groups is 2. The highest BCUT2D eigenvalue weighted by atomic mass is 79.9. The summed E-state index contributed by atoms with van der Waals surface area (Å²) in [7, 11) is -2.33. The van der Waals surface area contributed by atoms with Gasteiger partial charge in [-0.1, -0.05) is 0 Å². The number of ether oxygens (including phenoxy) is 2. The molecule has 132 valence electrons. The third-order valence-electron chi connectivity index (χ3n) is 3.23. The van der Waals surface area contributed by atoms with E-state index >= 15 is 0 Å². The number of carbonyl (C=O) groups excluding carboxylic acids is 2. The van der Waals surface area contributed by atoms with E-state index in [-0.39, 0.29) is 10.5 Å². The molecular formula is C16H14BrNO6S. The van der Waals surface area contributed by atoms with Gasteiger partial charge in [0.2, 0.25) is 10.0 Å². The second-order valence-corrected chi connectivity index (χ2v) is 7.33. The molecular weight excluding hydrogens is 414 g/mol. The zero-order chi connectivity index (χ0) is 18.6. The lowest BCUT2D eigenvalue weighted by atomic mass is 10.1. The Bertz CT molecular complexity index is 909. The summed E-state index contributed by atoms with van der Waals surface area (Å²) in [5.41, 5.74) is 0.459. The van der Waals surface area contributed by atoms with Gasteiger partial charge in [0.15, 0.2) is 12.4 Å². The Morgan fingerprint density at radius 3 is 2.20 bits per heavy atom. The smallest absolute Gasteiger partial charge is 0.338 e. The van der Waals surface area contributed by atoms with Gasteiger partial charge in [0.25, 0.3) is 0 Å². The predicted octanol–water partition coefficient (Wildman–Crippen LogP) is 2.14. The van der Waals surface area contributed by atoms with E-state index in [0.29, 0.717) is 15.8 Å². The first-order valence-corrected chi connectivity index (χ1v) is 9.23. The van der Waals surface area contributed by atoms with Crippen LogP contribution in [0.5, 0.6) is 5.75 Å². The molecule has 0 amide bonds. The molecule has 0 spiro atoms. The van der Waals surface area contributed by atoms with Crippen molar-refractivity contribution < 1.29 is 27.5 Å². The number of primary sulfonamides is 1. The average molecular weight is 428 g/mol. The third kappa shape index (κ3) is 4.88. The van der Waals surface area contributed by atoms with Crippen LogP contribution in [0.1, 0.15) is 20.7 Å². The zero-order valence-electron chi connectivity index (χ0n) is 13.1. The van der Waals surface area contributed by atoms with Gasteiger partial charge >= 0.3 is 5.97 Å². The molecule has 2 N–H and O–H groups in total. The van der Waals surface area contributed by atoms with E-state index in [1.54, 1.807) is 18.2 Å². The van der Waals surface area contributed by atoms with Crippen LogP contribution in [-0.2, 0) is 14.8 Å². The average Bonchev–Trinajstić information content (AvgIpc) is 2.58. The Labute approximate surface area is 152 Å². The second kappa shape index (κ2) is 7.77. The summed E-state index contributed by atoms with van der Waals surface area (Å²) in [5.74, 6) is -0.566. The van der Waals surface area contributed by atoms with Crippen molar-refractivity contribution in [2.24, 2.45) is 5.14 Å². The lowest BCUT2D eigenvalue weighted by Crippen LogP contribution is -2.15. The van der Waals surface area contributed by atoms with Crippen molar-refractivity contribution in [3.63, 3.8) is 0 Å². The number of halogens is 1. The van der Waals surface area contributed by atoms with Crippen molar-refractivity contribution >= 4 is 37.7 Å². The molecule has 0 bridgehead atoms. The molecule has 0 unspecified atom stereocenters. The highest BCUT2D eigenvalue weighted by molar-refractivity contribution is 9.10. The molecule has 0 aliphatic heterocycles. The van der Waals surface area contributed by atoms with Gasteiger partial charge in [-0.3, -0.25) is 4.79 Å². The molecule has 0 saturated heterocycles. The Morgan fingerprint density at radius 2 is 1.68 bits per heavy atom. The van der Waals surface area contributed by atoms with Crippen molar-refractivity contribution in [1.29, 1.82) is 0 Å². The molecule has 0 aliphatic rings. The topological polar surface area (TPSA) is 113 Å². The van der Waals surface area contributed by atoms with Gasteiger partial charge in [0.05, 0.1) is 22.0 Å². The molecule has 0 aromatic heterocycles. The molecule has 0 heterocycles. The van der Waals surface area contributed by atoms with Gasteiger partial charge in [-0.05, 0) is 58.4 Å². The number of benzene rings is 2. The van der Waals surface area contributed by atoms with Crippen LogP contribution in [0.2, 0.25) is 0 Å². The lowest BCUT2D eigenvalue weighted by Gasteiger charge is -2.07. The van der Waals surface area contributed by atoms with E-state index in [9.17, 15) is 18.0 Å². The van der Waals surface area contributed by atoms with Crippen LogP contribution in [0, 0.1) is 0 Å². The minimum absolute atomic E-state index is 0.108. The van der Waals surface area contributed by atoms with Crippen molar-refractivity contribution in [2.45, 2.75) is 4.90 Å². The molecule has 2 rings (SSSR count). The molecule has 0 aliphatic carbocycles. The second-order valence-electron chi connectivity index (χ2n) is 4.92. The highest BCUT2D eigenvalue weighted by Crippen LogP contribution is 2.25. The number of hydrogen-bond acceptors (Lipinski definition) is 6. The summed E-state index contributed by atoms with van der Waals surface area (Å²) in [6.07, 6.45) is 0. The van der Waals surface area contributed by atoms with Gasteiger partial charge in [0, 0.05) is 5.56 Å². The maximum atomic E-state index is 12.1. The van der Waals surface area contributed by atoms with E-state index in [1.807, 2.05) is 0 Å². The Hall–Kier alpha value is -2.23. The van der Waals surface area contributed by atoms with Gasteiger partial charge in [0.1, 0.15) is 5.75 Å². The summed E-state index contributed by atoms with van der Waals surface area (Å²) in [5, 5.41) is 4.98. The van der Waals surface area contributed by atoms with Crippen molar-refractivity contribution in [3.8, 4) is 5.75 Å². The van der Waals surface area contributed by atoms with E-state index in [1.165, 1.54) is 31.4 Å². The van der Waals surface area contributed by atoms with E-state index in [2.05, 4.69) is 15.9 Å². The number of rotatable bonds is 6. The van der Waals surface area contributed by atoms with Crippen LogP contribution in [0.3, 0.4) is 0 Å². The first-order valence-electron chi connectivity index (χ1n) is 6.89. The third-order valence-corrected chi connectivity index (χ3v) is 4.78. The van der Waals surface area contributed by atoms with E-state index in [0.717, 1.165) is 0 Å². The van der Waals surface area contributed by atoms with Crippen molar-refractivity contribution in [1.82, 2.24) is 0 Å². The Kier molecular flexibility index (Phi) is 5.93. The Morgan fingerprint density at radius 1 is 1.08 bits per heavy atom. The largest absolute Gasteiger partial charge is 0.496 e. The monoisotopic (exact) mass is 427 g/mol. The number of sulfonamides is 1. The molecule has 9 heteroatoms. The number of esters is 1.